The van der Waals surface area contributed by atoms with Gasteiger partial charge in [0.15, 0.2) is 0 Å². The van der Waals surface area contributed by atoms with Crippen molar-refractivity contribution in [2.24, 2.45) is 0 Å². The molecule has 0 aliphatic rings. The summed E-state index contributed by atoms with van der Waals surface area (Å²) in [5.74, 6) is 0. The van der Waals surface area contributed by atoms with Crippen molar-refractivity contribution in [3.05, 3.63) is 0 Å². The molecule has 9 heavy (non-hydrogen) atoms. The van der Waals surface area contributed by atoms with Gasteiger partial charge in [0, 0.05) is 0 Å². The summed E-state index contributed by atoms with van der Waals surface area (Å²) in [6.45, 7) is 0. The van der Waals surface area contributed by atoms with Crippen molar-refractivity contribution in [3.8, 4) is 0 Å². The van der Waals surface area contributed by atoms with Gasteiger partial charge in [-0.1, -0.05) is 0 Å². The van der Waals surface area contributed by atoms with E-state index in [1.807, 2.05) is 14.1 Å². The fourth-order valence-electron chi connectivity index (χ4n) is 0.165. The summed E-state index contributed by atoms with van der Waals surface area (Å²) in [4.78, 5) is 0. The summed E-state index contributed by atoms with van der Waals surface area (Å²) >= 11 is 9.48. The molecule has 2 nitrogen and oxygen atoms in total. The van der Waals surface area contributed by atoms with E-state index in [2.05, 4.69) is 47.8 Å². The molecule has 0 aliphatic heterocycles. The maximum Gasteiger partial charge on any atom is 0.326 e. The summed E-state index contributed by atoms with van der Waals surface area (Å²) in [7, 11) is 3.75. The van der Waals surface area contributed by atoms with Crippen LogP contribution >= 0.6 is 47.8 Å². The van der Waals surface area contributed by atoms with Gasteiger partial charge in [-0.15, -0.1) is 0 Å². The second kappa shape index (κ2) is 3.93. The first kappa shape index (κ1) is 9.91. The molecule has 0 amide bonds. The van der Waals surface area contributed by atoms with Crippen LogP contribution in [0.4, 0.5) is 0 Å². The van der Waals surface area contributed by atoms with Gasteiger partial charge in [0.05, 0.1) is 0 Å². The van der Waals surface area contributed by atoms with Crippen molar-refractivity contribution in [1.29, 1.82) is 0 Å². The molecule has 0 aliphatic carbocycles. The van der Waals surface area contributed by atoms with Crippen LogP contribution in [0.25, 0.3) is 0 Å². The minimum Gasteiger partial charge on any atom is -0.412 e. The topological polar surface area (TPSA) is 12.2 Å². The fourth-order valence-corrected chi connectivity index (χ4v) is 0.416. The minimum absolute atomic E-state index is 0.628. The molecule has 0 aromatic heterocycles. The number of rotatable bonds is 1. The Morgan fingerprint density at radius 2 is 1.78 bits per heavy atom. The molecule has 0 unspecified atom stereocenters. The largest absolute Gasteiger partial charge is 0.412 e. The summed E-state index contributed by atoms with van der Waals surface area (Å²) in [5, 5.41) is 0. The van der Waals surface area contributed by atoms with Crippen LogP contribution in [0.1, 0.15) is 0 Å². The Hall–Kier alpha value is 0.910. The summed E-state index contributed by atoms with van der Waals surface area (Å²) < 4.78 is 6.20. The Kier molecular flexibility index (Phi) is 4.33. The Bertz CT molecular complexity index is 113. The van der Waals surface area contributed by atoms with Crippen LogP contribution in [0.3, 0.4) is 0 Å². The quantitative estimate of drug-likeness (QED) is 0.311. The van der Waals surface area contributed by atoms with Crippen molar-refractivity contribution < 1.29 is 9.31 Å². The second-order valence-electron chi connectivity index (χ2n) is 1.63. The van der Waals surface area contributed by atoms with Crippen LogP contribution in [-0.2, 0) is 4.74 Å². The van der Waals surface area contributed by atoms with Crippen LogP contribution < -0.4 is 0 Å². The van der Waals surface area contributed by atoms with Crippen molar-refractivity contribution in [2.75, 3.05) is 14.1 Å². The first-order valence-corrected chi connectivity index (χ1v) is 4.54. The van der Waals surface area contributed by atoms with Crippen molar-refractivity contribution >= 4 is 54.2 Å². The molecule has 0 saturated heterocycles. The van der Waals surface area contributed by atoms with E-state index < -0.39 is 2.33 Å². The molecular weight excluding hydrogens is 318 g/mol. The Labute approximate surface area is 79.7 Å². The molecule has 0 spiro atoms. The fraction of sp³-hybridized carbons (Fsp3) is 0.750. The molecule has 0 bridgehead atoms. The third kappa shape index (κ3) is 8.91. The molecule has 0 radical (unpaired) electrons. The van der Waals surface area contributed by atoms with Gasteiger partial charge in [0.2, 0.25) is 0 Å². The Morgan fingerprint density at radius 1 is 1.33 bits per heavy atom. The zero-order chi connectivity index (χ0) is 7.49. The number of hydrogen-bond donors (Lipinski definition) is 0. The molecule has 0 aromatic carbocycles. The predicted molar refractivity (Wildman–Crippen MR) is 48.8 cm³/mol. The van der Waals surface area contributed by atoms with Crippen molar-refractivity contribution in [2.45, 2.75) is 2.33 Å². The van der Waals surface area contributed by atoms with Crippen LogP contribution in [-0.4, -0.2) is 27.4 Å². The minimum atomic E-state index is -0.628. The SMILES string of the molecule is C[N+](C)=COC(Br)(Br)Br. The monoisotopic (exact) mass is 322 g/mol. The van der Waals surface area contributed by atoms with Gasteiger partial charge in [-0.2, -0.15) is 0 Å². The first-order valence-electron chi connectivity index (χ1n) is 2.16. The predicted octanol–water partition coefficient (Wildman–Crippen LogP) is 2.10. The van der Waals surface area contributed by atoms with Gasteiger partial charge in [0.1, 0.15) is 14.1 Å². The van der Waals surface area contributed by atoms with Gasteiger partial charge >= 0.3 is 6.40 Å². The number of nitrogens with zero attached hydrogens (tertiary/aromatic N) is 1. The third-order valence-electron chi connectivity index (χ3n) is 0.397. The van der Waals surface area contributed by atoms with E-state index in [1.54, 1.807) is 11.0 Å². The summed E-state index contributed by atoms with van der Waals surface area (Å²) in [6.07, 6.45) is 1.57. The van der Waals surface area contributed by atoms with Crippen LogP contribution in [0.15, 0.2) is 0 Å². The molecule has 0 fully saturated rings. The van der Waals surface area contributed by atoms with Gasteiger partial charge in [0.25, 0.3) is 2.33 Å². The standard InChI is InChI=1S/C4H7Br3NO/c1-8(2)3-9-4(5,6)7/h3H,1-2H3/q+1. The van der Waals surface area contributed by atoms with Gasteiger partial charge in [-0.05, 0) is 47.8 Å². The van der Waals surface area contributed by atoms with Crippen LogP contribution in [0, 0.1) is 0 Å². The average Bonchev–Trinajstić information content (AvgIpc) is 1.59. The highest BCUT2D eigenvalue weighted by molar-refractivity contribution is 9.39. The average molecular weight is 325 g/mol. The van der Waals surface area contributed by atoms with Crippen molar-refractivity contribution in [1.82, 2.24) is 0 Å². The number of hydrogen-bond acceptors (Lipinski definition) is 1. The lowest BCUT2D eigenvalue weighted by atomic mass is 11.1. The number of ether oxygens (including phenoxy) is 1. The normalized spacial score (nSPS) is 10.8. The molecule has 0 N–H and O–H groups in total. The Balaban J connectivity index is 3.64. The summed E-state index contributed by atoms with van der Waals surface area (Å²) in [6, 6.07) is 0. The molecule has 5 heteroatoms. The lowest BCUT2D eigenvalue weighted by molar-refractivity contribution is -0.468. The Morgan fingerprint density at radius 3 is 1.89 bits per heavy atom. The zero-order valence-electron chi connectivity index (χ0n) is 5.07. The van der Waals surface area contributed by atoms with Crippen molar-refractivity contribution in [3.63, 3.8) is 0 Å². The van der Waals surface area contributed by atoms with E-state index in [4.69, 9.17) is 4.74 Å². The van der Waals surface area contributed by atoms with E-state index in [0.717, 1.165) is 0 Å². The highest BCUT2D eigenvalue weighted by atomic mass is 80.0. The van der Waals surface area contributed by atoms with Crippen LogP contribution in [0.5, 0.6) is 0 Å². The molecule has 0 saturated carbocycles. The van der Waals surface area contributed by atoms with E-state index >= 15 is 0 Å². The van der Waals surface area contributed by atoms with Gasteiger partial charge in [-0.3, -0.25) is 0 Å². The number of alkyl halides is 3. The van der Waals surface area contributed by atoms with Gasteiger partial charge < -0.3 is 4.74 Å². The first-order chi connectivity index (χ1) is 3.92. The molecule has 0 heterocycles. The maximum absolute atomic E-state index is 5.04. The molecule has 0 aromatic rings. The molecule has 0 atom stereocenters. The van der Waals surface area contributed by atoms with E-state index in [1.165, 1.54) is 0 Å². The highest BCUT2D eigenvalue weighted by Crippen LogP contribution is 2.33. The number of halogens is 3. The summed E-state index contributed by atoms with van der Waals surface area (Å²) in [5.41, 5.74) is 0. The van der Waals surface area contributed by atoms with E-state index in [9.17, 15) is 0 Å². The zero-order valence-corrected chi connectivity index (χ0v) is 9.82. The molecule has 0 rings (SSSR count). The van der Waals surface area contributed by atoms with E-state index in [0.29, 0.717) is 0 Å². The van der Waals surface area contributed by atoms with Crippen LogP contribution in [0.2, 0.25) is 0 Å². The maximum atomic E-state index is 5.04. The second-order valence-corrected chi connectivity index (χ2v) is 8.18. The molecular formula is C4H7Br3NO+. The van der Waals surface area contributed by atoms with E-state index in [-0.39, 0.29) is 0 Å². The lowest BCUT2D eigenvalue weighted by Crippen LogP contribution is -2.10. The lowest BCUT2D eigenvalue weighted by Gasteiger charge is -2.07. The molecule has 54 valence electrons. The van der Waals surface area contributed by atoms with Gasteiger partial charge in [-0.25, -0.2) is 4.58 Å². The smallest absolute Gasteiger partial charge is 0.326 e. The highest BCUT2D eigenvalue weighted by Gasteiger charge is 2.18. The third-order valence-corrected chi connectivity index (χ3v) is 0.958.